The summed E-state index contributed by atoms with van der Waals surface area (Å²) in [6.07, 6.45) is 6.32. The summed E-state index contributed by atoms with van der Waals surface area (Å²) in [6, 6.07) is 8.48. The van der Waals surface area contributed by atoms with Gasteiger partial charge < -0.3 is 9.72 Å². The summed E-state index contributed by atoms with van der Waals surface area (Å²) in [7, 11) is -3.19. The van der Waals surface area contributed by atoms with Crippen molar-refractivity contribution in [1.82, 2.24) is 14.3 Å². The summed E-state index contributed by atoms with van der Waals surface area (Å²) in [6.45, 7) is 3.32. The van der Waals surface area contributed by atoms with Crippen molar-refractivity contribution in [1.29, 1.82) is 0 Å². The average Bonchev–Trinajstić information content (AvgIpc) is 3.16. The molecular weight excluding hydrogens is 405 g/mol. The Bertz CT molecular complexity index is 1220. The zero-order valence-corrected chi connectivity index (χ0v) is 17.8. The molecule has 0 aliphatic carbocycles. The molecule has 0 amide bonds. The van der Waals surface area contributed by atoms with Crippen molar-refractivity contribution in [2.75, 3.05) is 26.0 Å². The zero-order valence-electron chi connectivity index (χ0n) is 17.0. The van der Waals surface area contributed by atoms with E-state index in [1.807, 2.05) is 25.1 Å². The molecule has 1 aromatic carbocycles. The summed E-state index contributed by atoms with van der Waals surface area (Å²) in [5.41, 5.74) is 4.41. The highest BCUT2D eigenvalue weighted by atomic mass is 32.2. The van der Waals surface area contributed by atoms with Crippen molar-refractivity contribution in [3.63, 3.8) is 0 Å². The number of nitrogens with zero attached hydrogens (tertiary/aromatic N) is 2. The first kappa shape index (κ1) is 20.6. The lowest BCUT2D eigenvalue weighted by Gasteiger charge is -2.23. The Balaban J connectivity index is 1.73. The van der Waals surface area contributed by atoms with Gasteiger partial charge in [-0.25, -0.2) is 17.8 Å². The topological polar surface area (TPSA) is 75.3 Å². The first-order chi connectivity index (χ1) is 14.4. The van der Waals surface area contributed by atoms with Gasteiger partial charge in [0.15, 0.2) is 0 Å². The molecule has 1 aliphatic rings. The van der Waals surface area contributed by atoms with E-state index in [4.69, 9.17) is 4.74 Å². The number of aromatic amines is 1. The number of halogens is 1. The summed E-state index contributed by atoms with van der Waals surface area (Å²) in [4.78, 5) is 7.78. The maximum absolute atomic E-state index is 13.8. The van der Waals surface area contributed by atoms with Gasteiger partial charge in [0.1, 0.15) is 17.2 Å². The van der Waals surface area contributed by atoms with Gasteiger partial charge in [0.2, 0.25) is 10.0 Å². The highest BCUT2D eigenvalue weighted by Crippen LogP contribution is 2.36. The van der Waals surface area contributed by atoms with Gasteiger partial charge >= 0.3 is 0 Å². The minimum absolute atomic E-state index is 0.340. The van der Waals surface area contributed by atoms with E-state index >= 15 is 0 Å². The van der Waals surface area contributed by atoms with Crippen molar-refractivity contribution in [2.24, 2.45) is 0 Å². The third-order valence-electron chi connectivity index (χ3n) is 5.21. The Morgan fingerprint density at radius 1 is 1.23 bits per heavy atom. The van der Waals surface area contributed by atoms with Crippen LogP contribution in [0.2, 0.25) is 0 Å². The molecule has 2 aromatic heterocycles. The predicted molar refractivity (Wildman–Crippen MR) is 116 cm³/mol. The molecule has 1 aliphatic heterocycles. The van der Waals surface area contributed by atoms with E-state index in [9.17, 15) is 12.8 Å². The molecule has 8 heteroatoms. The number of hydrogen-bond donors (Lipinski definition) is 1. The number of fused-ring (bicyclic) bond motifs is 1. The predicted octanol–water partition coefficient (Wildman–Crippen LogP) is 4.21. The number of benzene rings is 1. The van der Waals surface area contributed by atoms with Gasteiger partial charge in [-0.05, 0) is 48.2 Å². The van der Waals surface area contributed by atoms with Crippen LogP contribution in [0.4, 0.5) is 4.39 Å². The number of rotatable bonds is 6. The maximum Gasteiger partial charge on any atom is 0.211 e. The van der Waals surface area contributed by atoms with Gasteiger partial charge in [0.25, 0.3) is 0 Å². The van der Waals surface area contributed by atoms with Gasteiger partial charge in [-0.1, -0.05) is 13.0 Å². The van der Waals surface area contributed by atoms with Gasteiger partial charge in [0, 0.05) is 42.0 Å². The SMILES string of the molecule is CCCOc1cc(F)ccc1-c1ccnc2[nH]c(C3=CCN(S(C)(=O)=O)CC3)cc12. The Hall–Kier alpha value is -2.71. The van der Waals surface area contributed by atoms with Crippen LogP contribution in [-0.2, 0) is 10.0 Å². The molecule has 0 unspecified atom stereocenters. The molecule has 4 rings (SSSR count). The average molecular weight is 430 g/mol. The Morgan fingerprint density at radius 3 is 2.77 bits per heavy atom. The Labute approximate surface area is 175 Å². The standard InChI is InChI=1S/C22H24FN3O3S/c1-3-12-29-21-13-16(23)4-5-18(21)17-6-9-24-22-19(17)14-20(25-22)15-7-10-26(11-8-15)30(2,27)28/h4-7,9,13-14H,3,8,10-12H2,1-2H3,(H,24,25). The number of pyridine rings is 1. The third kappa shape index (κ3) is 4.11. The fraction of sp³-hybridized carbons (Fsp3) is 0.318. The first-order valence-electron chi connectivity index (χ1n) is 9.92. The minimum atomic E-state index is -3.19. The molecule has 0 bridgehead atoms. The fourth-order valence-corrected chi connectivity index (χ4v) is 4.45. The quantitative estimate of drug-likeness (QED) is 0.637. The summed E-state index contributed by atoms with van der Waals surface area (Å²) >= 11 is 0. The lowest BCUT2D eigenvalue weighted by atomic mass is 10.0. The van der Waals surface area contributed by atoms with E-state index < -0.39 is 10.0 Å². The number of aromatic nitrogens is 2. The van der Waals surface area contributed by atoms with E-state index in [1.54, 1.807) is 12.3 Å². The molecule has 0 atom stereocenters. The molecule has 158 valence electrons. The van der Waals surface area contributed by atoms with Crippen molar-refractivity contribution in [2.45, 2.75) is 19.8 Å². The molecule has 30 heavy (non-hydrogen) atoms. The maximum atomic E-state index is 13.8. The van der Waals surface area contributed by atoms with E-state index in [0.717, 1.165) is 39.8 Å². The summed E-state index contributed by atoms with van der Waals surface area (Å²) in [5.74, 6) is 0.167. The molecule has 1 N–H and O–H groups in total. The van der Waals surface area contributed by atoms with Crippen molar-refractivity contribution in [3.8, 4) is 16.9 Å². The minimum Gasteiger partial charge on any atom is -0.493 e. The van der Waals surface area contributed by atoms with Gasteiger partial charge in [-0.2, -0.15) is 4.31 Å². The third-order valence-corrected chi connectivity index (χ3v) is 6.48. The second-order valence-corrected chi connectivity index (χ2v) is 9.38. The number of hydrogen-bond acceptors (Lipinski definition) is 4. The van der Waals surface area contributed by atoms with Crippen LogP contribution < -0.4 is 4.74 Å². The largest absolute Gasteiger partial charge is 0.493 e. The highest BCUT2D eigenvalue weighted by Gasteiger charge is 2.21. The number of H-pyrrole nitrogens is 1. The van der Waals surface area contributed by atoms with Crippen molar-refractivity contribution in [3.05, 3.63) is 54.1 Å². The zero-order chi connectivity index (χ0) is 21.3. The number of sulfonamides is 1. The molecule has 3 aromatic rings. The lowest BCUT2D eigenvalue weighted by molar-refractivity contribution is 0.317. The second-order valence-electron chi connectivity index (χ2n) is 7.39. The fourth-order valence-electron chi connectivity index (χ4n) is 3.68. The van der Waals surface area contributed by atoms with E-state index in [1.165, 1.54) is 22.7 Å². The van der Waals surface area contributed by atoms with E-state index in [2.05, 4.69) is 9.97 Å². The normalized spacial score (nSPS) is 15.4. The Kier molecular flexibility index (Phi) is 5.62. The van der Waals surface area contributed by atoms with Crippen molar-refractivity contribution >= 4 is 26.6 Å². The van der Waals surface area contributed by atoms with Gasteiger partial charge in [-0.15, -0.1) is 0 Å². The van der Waals surface area contributed by atoms with Crippen LogP contribution in [0.3, 0.4) is 0 Å². The van der Waals surface area contributed by atoms with Crippen LogP contribution in [-0.4, -0.2) is 48.6 Å². The lowest BCUT2D eigenvalue weighted by Crippen LogP contribution is -2.33. The van der Waals surface area contributed by atoms with Crippen LogP contribution in [0.15, 0.2) is 42.6 Å². The summed E-state index contributed by atoms with van der Waals surface area (Å²) in [5, 5.41) is 0.909. The first-order valence-corrected chi connectivity index (χ1v) is 11.8. The molecule has 0 saturated heterocycles. The second kappa shape index (κ2) is 8.20. The molecule has 0 fully saturated rings. The molecule has 0 spiro atoms. The Morgan fingerprint density at radius 2 is 2.07 bits per heavy atom. The molecule has 0 radical (unpaired) electrons. The monoisotopic (exact) mass is 429 g/mol. The number of ether oxygens (including phenoxy) is 1. The molecule has 3 heterocycles. The molecule has 6 nitrogen and oxygen atoms in total. The summed E-state index contributed by atoms with van der Waals surface area (Å²) < 4.78 is 44.5. The number of nitrogens with one attached hydrogen (secondary N) is 1. The van der Waals surface area contributed by atoms with Crippen LogP contribution >= 0.6 is 0 Å². The van der Waals surface area contributed by atoms with E-state index in [0.29, 0.717) is 31.9 Å². The molecule has 0 saturated carbocycles. The molecular formula is C22H24FN3O3S. The van der Waals surface area contributed by atoms with Crippen LogP contribution in [0.1, 0.15) is 25.5 Å². The van der Waals surface area contributed by atoms with Crippen LogP contribution in [0.25, 0.3) is 27.7 Å². The van der Waals surface area contributed by atoms with Gasteiger partial charge in [0.05, 0.1) is 12.9 Å². The smallest absolute Gasteiger partial charge is 0.211 e. The van der Waals surface area contributed by atoms with Crippen molar-refractivity contribution < 1.29 is 17.5 Å². The highest BCUT2D eigenvalue weighted by molar-refractivity contribution is 7.88. The van der Waals surface area contributed by atoms with Crippen LogP contribution in [0.5, 0.6) is 5.75 Å². The van der Waals surface area contributed by atoms with Gasteiger partial charge in [-0.3, -0.25) is 0 Å². The van der Waals surface area contributed by atoms with E-state index in [-0.39, 0.29) is 5.82 Å². The van der Waals surface area contributed by atoms with Crippen LogP contribution in [0, 0.1) is 5.82 Å².